The average molecular weight is 257 g/mol. The second kappa shape index (κ2) is 5.01. The van der Waals surface area contributed by atoms with Gasteiger partial charge in [-0.25, -0.2) is 9.97 Å². The minimum atomic E-state index is 0.400. The molecule has 2 heterocycles. The molecule has 0 saturated carbocycles. The largest absolute Gasteiger partial charge is 0.381 e. The fourth-order valence-electron chi connectivity index (χ4n) is 2.60. The van der Waals surface area contributed by atoms with E-state index < -0.39 is 0 Å². The first-order valence-corrected chi connectivity index (χ1v) is 6.70. The van der Waals surface area contributed by atoms with Crippen LogP contribution in [-0.4, -0.2) is 41.0 Å². The Morgan fingerprint density at radius 1 is 1.26 bits per heavy atom. The van der Waals surface area contributed by atoms with Crippen molar-refractivity contribution in [2.75, 3.05) is 31.2 Å². The number of benzene rings is 1. The number of likely N-dealkylation sites (N-methyl/N-ethyl adjacent to an activating group) is 1. The number of rotatable bonds is 2. The Kier molecular flexibility index (Phi) is 3.21. The van der Waals surface area contributed by atoms with Gasteiger partial charge in [0.1, 0.15) is 0 Å². The average Bonchev–Trinajstić information content (AvgIpc) is 2.40. The smallest absolute Gasteiger partial charge is 0.169 e. The van der Waals surface area contributed by atoms with E-state index in [9.17, 15) is 0 Å². The molecule has 0 radical (unpaired) electrons. The lowest BCUT2D eigenvalue weighted by Gasteiger charge is -2.30. The molecule has 1 aliphatic rings. The van der Waals surface area contributed by atoms with Crippen molar-refractivity contribution in [3.63, 3.8) is 0 Å². The number of nitrogen functional groups attached to an aromatic ring is 1. The summed E-state index contributed by atoms with van der Waals surface area (Å²) in [6.45, 7) is 2.19. The zero-order valence-electron chi connectivity index (χ0n) is 11.1. The van der Waals surface area contributed by atoms with E-state index in [0.717, 1.165) is 30.5 Å². The predicted octanol–water partition coefficient (Wildman–Crippen LogP) is 1.72. The Morgan fingerprint density at radius 2 is 2.00 bits per heavy atom. The molecule has 3 N–H and O–H groups in total. The van der Waals surface area contributed by atoms with Crippen molar-refractivity contribution in [3.05, 3.63) is 24.3 Å². The molecule has 1 aromatic carbocycles. The van der Waals surface area contributed by atoms with Crippen LogP contribution in [0.4, 0.5) is 11.6 Å². The lowest BCUT2D eigenvalue weighted by Crippen LogP contribution is -2.40. The second-order valence-electron chi connectivity index (χ2n) is 5.19. The molecule has 0 aliphatic carbocycles. The highest BCUT2D eigenvalue weighted by molar-refractivity contribution is 5.79. The van der Waals surface area contributed by atoms with Crippen LogP contribution in [0.5, 0.6) is 0 Å². The van der Waals surface area contributed by atoms with E-state index in [-0.39, 0.29) is 0 Å². The molecule has 1 aromatic heterocycles. The van der Waals surface area contributed by atoms with Crippen LogP contribution in [-0.2, 0) is 0 Å². The second-order valence-corrected chi connectivity index (χ2v) is 5.19. The predicted molar refractivity (Wildman–Crippen MR) is 78.1 cm³/mol. The molecule has 1 unspecified atom stereocenters. The fourth-order valence-corrected chi connectivity index (χ4v) is 2.60. The third-order valence-electron chi connectivity index (χ3n) is 3.56. The van der Waals surface area contributed by atoms with Crippen molar-refractivity contribution in [2.45, 2.75) is 18.9 Å². The summed E-state index contributed by atoms with van der Waals surface area (Å²) in [4.78, 5) is 11.3. The molecule has 0 spiro atoms. The van der Waals surface area contributed by atoms with Gasteiger partial charge in [-0.2, -0.15) is 0 Å². The highest BCUT2D eigenvalue weighted by atomic mass is 15.2. The number of hydrogen-bond acceptors (Lipinski definition) is 5. The minimum absolute atomic E-state index is 0.400. The first-order valence-electron chi connectivity index (χ1n) is 6.70. The van der Waals surface area contributed by atoms with Gasteiger partial charge in [0, 0.05) is 12.6 Å². The molecule has 1 fully saturated rings. The third kappa shape index (κ3) is 2.61. The lowest BCUT2D eigenvalue weighted by atomic mass is 10.1. The van der Waals surface area contributed by atoms with Crippen molar-refractivity contribution in [1.82, 2.24) is 14.9 Å². The number of aromatic nitrogens is 2. The van der Waals surface area contributed by atoms with Gasteiger partial charge in [0.25, 0.3) is 0 Å². The zero-order chi connectivity index (χ0) is 13.2. The summed E-state index contributed by atoms with van der Waals surface area (Å²) < 4.78 is 0. The number of likely N-dealkylation sites (tertiary alicyclic amines) is 1. The molecule has 100 valence electrons. The van der Waals surface area contributed by atoms with Crippen LogP contribution in [0.2, 0.25) is 0 Å². The number of nitrogens with one attached hydrogen (secondary N) is 1. The van der Waals surface area contributed by atoms with Gasteiger partial charge in [-0.3, -0.25) is 0 Å². The van der Waals surface area contributed by atoms with Crippen LogP contribution in [0.1, 0.15) is 12.8 Å². The van der Waals surface area contributed by atoms with E-state index in [0.29, 0.717) is 17.7 Å². The van der Waals surface area contributed by atoms with Crippen LogP contribution < -0.4 is 11.1 Å². The van der Waals surface area contributed by atoms with Crippen molar-refractivity contribution < 1.29 is 0 Å². The molecule has 19 heavy (non-hydrogen) atoms. The van der Waals surface area contributed by atoms with E-state index in [4.69, 9.17) is 5.73 Å². The minimum Gasteiger partial charge on any atom is -0.381 e. The molecular formula is C14H19N5. The highest BCUT2D eigenvalue weighted by Crippen LogP contribution is 2.21. The third-order valence-corrected chi connectivity index (χ3v) is 3.56. The molecular weight excluding hydrogens is 238 g/mol. The van der Waals surface area contributed by atoms with Crippen LogP contribution >= 0.6 is 0 Å². The Bertz CT molecular complexity index is 583. The summed E-state index contributed by atoms with van der Waals surface area (Å²) in [5.41, 5.74) is 7.71. The fraction of sp³-hybridized carbons (Fsp3) is 0.429. The van der Waals surface area contributed by atoms with Crippen LogP contribution in [0.3, 0.4) is 0 Å². The molecule has 1 saturated heterocycles. The maximum absolute atomic E-state index is 5.99. The highest BCUT2D eigenvalue weighted by Gasteiger charge is 2.18. The maximum atomic E-state index is 5.99. The van der Waals surface area contributed by atoms with Gasteiger partial charge in [0.15, 0.2) is 11.6 Å². The normalized spacial score (nSPS) is 20.6. The van der Waals surface area contributed by atoms with Gasteiger partial charge in [-0.1, -0.05) is 12.1 Å². The number of nitrogens with two attached hydrogens (primary N) is 1. The van der Waals surface area contributed by atoms with Gasteiger partial charge >= 0.3 is 0 Å². The van der Waals surface area contributed by atoms with Crippen molar-refractivity contribution in [2.24, 2.45) is 0 Å². The summed E-state index contributed by atoms with van der Waals surface area (Å²) in [6.07, 6.45) is 2.35. The van der Waals surface area contributed by atoms with Crippen LogP contribution in [0.15, 0.2) is 24.3 Å². The van der Waals surface area contributed by atoms with Gasteiger partial charge in [-0.05, 0) is 38.6 Å². The molecule has 1 aliphatic heterocycles. The number of piperidine rings is 1. The molecule has 1 atom stereocenters. The number of anilines is 2. The zero-order valence-corrected chi connectivity index (χ0v) is 11.1. The van der Waals surface area contributed by atoms with Crippen molar-refractivity contribution >= 4 is 22.7 Å². The monoisotopic (exact) mass is 257 g/mol. The quantitative estimate of drug-likeness (QED) is 0.857. The standard InChI is InChI=1S/C14H19N5/c1-19-8-4-5-10(9-19)16-14-13(15)17-11-6-2-3-7-12(11)18-14/h2-3,6-7,10H,4-5,8-9H2,1H3,(H2,15,17)(H,16,18). The van der Waals surface area contributed by atoms with Gasteiger partial charge in [0.05, 0.1) is 11.0 Å². The van der Waals surface area contributed by atoms with E-state index in [2.05, 4.69) is 27.2 Å². The van der Waals surface area contributed by atoms with Crippen LogP contribution in [0, 0.1) is 0 Å². The molecule has 0 amide bonds. The summed E-state index contributed by atoms with van der Waals surface area (Å²) in [7, 11) is 2.14. The summed E-state index contributed by atoms with van der Waals surface area (Å²) >= 11 is 0. The Hall–Kier alpha value is -1.88. The van der Waals surface area contributed by atoms with Crippen molar-refractivity contribution in [3.8, 4) is 0 Å². The first-order chi connectivity index (χ1) is 9.22. The SMILES string of the molecule is CN1CCCC(Nc2nc3ccccc3nc2N)C1. The van der Waals surface area contributed by atoms with Gasteiger partial charge in [-0.15, -0.1) is 0 Å². The van der Waals surface area contributed by atoms with Crippen molar-refractivity contribution in [1.29, 1.82) is 0 Å². The lowest BCUT2D eigenvalue weighted by molar-refractivity contribution is 0.261. The van der Waals surface area contributed by atoms with Gasteiger partial charge in [0.2, 0.25) is 0 Å². The number of nitrogens with zero attached hydrogens (tertiary/aromatic N) is 3. The molecule has 3 rings (SSSR count). The first kappa shape index (κ1) is 12.2. The topological polar surface area (TPSA) is 67.1 Å². The number of fused-ring (bicyclic) bond motifs is 1. The molecule has 0 bridgehead atoms. The van der Waals surface area contributed by atoms with E-state index in [1.165, 1.54) is 6.42 Å². The van der Waals surface area contributed by atoms with E-state index in [1.54, 1.807) is 0 Å². The van der Waals surface area contributed by atoms with Crippen LogP contribution in [0.25, 0.3) is 11.0 Å². The molecule has 5 heteroatoms. The Labute approximate surface area is 112 Å². The maximum Gasteiger partial charge on any atom is 0.169 e. The molecule has 2 aromatic rings. The number of hydrogen-bond donors (Lipinski definition) is 2. The Balaban J connectivity index is 1.85. The number of para-hydroxylation sites is 2. The summed E-state index contributed by atoms with van der Waals surface area (Å²) in [5.74, 6) is 1.19. The van der Waals surface area contributed by atoms with E-state index in [1.807, 2.05) is 24.3 Å². The molecule has 5 nitrogen and oxygen atoms in total. The van der Waals surface area contributed by atoms with E-state index >= 15 is 0 Å². The summed E-state index contributed by atoms with van der Waals surface area (Å²) in [6, 6.07) is 8.19. The van der Waals surface area contributed by atoms with Gasteiger partial charge < -0.3 is 16.0 Å². The summed E-state index contributed by atoms with van der Waals surface area (Å²) in [5, 5.41) is 3.43. The Morgan fingerprint density at radius 3 is 2.74 bits per heavy atom.